The van der Waals surface area contributed by atoms with Crippen molar-refractivity contribution in [3.63, 3.8) is 0 Å². The van der Waals surface area contributed by atoms with E-state index in [2.05, 4.69) is 4.74 Å². The second-order valence-corrected chi connectivity index (χ2v) is 4.71. The van der Waals surface area contributed by atoms with E-state index in [9.17, 15) is 18.3 Å². The molecule has 0 aliphatic rings. The Labute approximate surface area is 116 Å². The lowest BCUT2D eigenvalue weighted by Gasteiger charge is -2.30. The summed E-state index contributed by atoms with van der Waals surface area (Å²) in [6.07, 6.45) is -4.76. The third-order valence-electron chi connectivity index (χ3n) is 2.73. The number of ether oxygens (including phenoxy) is 1. The van der Waals surface area contributed by atoms with Crippen molar-refractivity contribution in [1.29, 1.82) is 0 Å². The van der Waals surface area contributed by atoms with Gasteiger partial charge in [-0.2, -0.15) is 0 Å². The fraction of sp³-hybridized carbons (Fsp3) is 0.500. The predicted octanol–water partition coefficient (Wildman–Crippen LogP) is 3.03. The molecule has 1 rings (SSSR count). The van der Waals surface area contributed by atoms with Crippen molar-refractivity contribution in [2.24, 2.45) is 11.1 Å². The molecule has 0 aliphatic heterocycles. The van der Waals surface area contributed by atoms with Gasteiger partial charge in [0.15, 0.2) is 0 Å². The number of nitrogens with two attached hydrogens (primary N) is 1. The first-order chi connectivity index (χ1) is 8.17. The highest BCUT2D eigenvalue weighted by Gasteiger charge is 2.35. The van der Waals surface area contributed by atoms with Crippen molar-refractivity contribution in [3.05, 3.63) is 29.8 Å². The summed E-state index contributed by atoms with van der Waals surface area (Å²) in [6, 6.07) is 4.91. The molecular formula is C12H17ClF3NO2. The molecule has 0 heterocycles. The highest BCUT2D eigenvalue weighted by Crippen LogP contribution is 2.37. The van der Waals surface area contributed by atoms with Crippen LogP contribution in [0.3, 0.4) is 0 Å². The molecule has 0 amide bonds. The van der Waals surface area contributed by atoms with Crippen molar-refractivity contribution in [2.45, 2.75) is 26.3 Å². The normalized spacial score (nSPS) is 13.6. The summed E-state index contributed by atoms with van der Waals surface area (Å²) in [5, 5.41) is 9.21. The number of aliphatic hydroxyl groups is 1. The third-order valence-corrected chi connectivity index (χ3v) is 2.73. The van der Waals surface area contributed by atoms with Gasteiger partial charge in [-0.1, -0.05) is 32.0 Å². The van der Waals surface area contributed by atoms with E-state index >= 15 is 0 Å². The first kappa shape index (κ1) is 18.0. The predicted molar refractivity (Wildman–Crippen MR) is 68.2 cm³/mol. The molecule has 0 saturated heterocycles. The summed E-state index contributed by atoms with van der Waals surface area (Å²) < 4.78 is 40.7. The zero-order chi connectivity index (χ0) is 14.0. The van der Waals surface area contributed by atoms with Crippen LogP contribution in [0.4, 0.5) is 13.2 Å². The van der Waals surface area contributed by atoms with E-state index in [1.165, 1.54) is 18.2 Å². The molecule has 0 aliphatic carbocycles. The van der Waals surface area contributed by atoms with Crippen LogP contribution in [0.1, 0.15) is 25.5 Å². The lowest BCUT2D eigenvalue weighted by atomic mass is 9.81. The van der Waals surface area contributed by atoms with E-state index in [-0.39, 0.29) is 30.3 Å². The summed E-state index contributed by atoms with van der Waals surface area (Å²) in [6.45, 7) is 3.10. The molecule has 110 valence electrons. The molecule has 1 atom stereocenters. The maximum Gasteiger partial charge on any atom is 0.573 e. The molecule has 0 aromatic heterocycles. The van der Waals surface area contributed by atoms with Crippen LogP contribution in [-0.4, -0.2) is 18.1 Å². The Morgan fingerprint density at radius 1 is 1.26 bits per heavy atom. The molecular weight excluding hydrogens is 283 g/mol. The van der Waals surface area contributed by atoms with E-state index in [0.29, 0.717) is 0 Å². The van der Waals surface area contributed by atoms with E-state index < -0.39 is 17.8 Å². The largest absolute Gasteiger partial charge is 0.573 e. The second kappa shape index (κ2) is 6.45. The molecule has 1 aromatic carbocycles. The first-order valence-corrected chi connectivity index (χ1v) is 5.38. The van der Waals surface area contributed by atoms with Gasteiger partial charge in [-0.05, 0) is 6.07 Å². The van der Waals surface area contributed by atoms with Crippen molar-refractivity contribution in [1.82, 2.24) is 0 Å². The molecule has 0 radical (unpaired) electrons. The number of benzene rings is 1. The maximum absolute atomic E-state index is 12.3. The van der Waals surface area contributed by atoms with Crippen LogP contribution < -0.4 is 10.5 Å². The molecule has 3 N–H and O–H groups in total. The van der Waals surface area contributed by atoms with Gasteiger partial charge >= 0.3 is 6.36 Å². The molecule has 7 heteroatoms. The van der Waals surface area contributed by atoms with Gasteiger partial charge in [0, 0.05) is 23.6 Å². The number of rotatable bonds is 4. The minimum absolute atomic E-state index is 0. The van der Waals surface area contributed by atoms with Gasteiger partial charge in [0.25, 0.3) is 0 Å². The van der Waals surface area contributed by atoms with Crippen molar-refractivity contribution < 1.29 is 23.0 Å². The van der Waals surface area contributed by atoms with E-state index in [1.807, 2.05) is 0 Å². The van der Waals surface area contributed by atoms with Gasteiger partial charge in [0.1, 0.15) is 5.75 Å². The molecule has 3 nitrogen and oxygen atoms in total. The Balaban J connectivity index is 0.00000324. The van der Waals surface area contributed by atoms with Crippen LogP contribution in [0.2, 0.25) is 0 Å². The topological polar surface area (TPSA) is 55.5 Å². The Morgan fingerprint density at radius 3 is 2.26 bits per heavy atom. The molecule has 0 bridgehead atoms. The van der Waals surface area contributed by atoms with Gasteiger partial charge in [0.2, 0.25) is 0 Å². The molecule has 0 spiro atoms. The lowest BCUT2D eigenvalue weighted by Crippen LogP contribution is -2.33. The van der Waals surface area contributed by atoms with Gasteiger partial charge in [-0.15, -0.1) is 25.6 Å². The third kappa shape index (κ3) is 4.89. The number of hydrogen-bond acceptors (Lipinski definition) is 3. The quantitative estimate of drug-likeness (QED) is 0.898. The first-order valence-electron chi connectivity index (χ1n) is 5.38. The number of hydrogen-bond donors (Lipinski definition) is 2. The van der Waals surface area contributed by atoms with Crippen LogP contribution >= 0.6 is 12.4 Å². The average Bonchev–Trinajstić information content (AvgIpc) is 2.26. The number of aliphatic hydroxyl groups excluding tert-OH is 1. The smallest absolute Gasteiger partial charge is 0.405 e. The fourth-order valence-corrected chi connectivity index (χ4v) is 1.47. The van der Waals surface area contributed by atoms with Gasteiger partial charge in [0.05, 0.1) is 0 Å². The van der Waals surface area contributed by atoms with E-state index in [0.717, 1.165) is 0 Å². The van der Waals surface area contributed by atoms with Gasteiger partial charge < -0.3 is 15.6 Å². The number of halogens is 4. The van der Waals surface area contributed by atoms with Crippen molar-refractivity contribution >= 4 is 12.4 Å². The Kier molecular flexibility index (Phi) is 6.12. The zero-order valence-corrected chi connectivity index (χ0v) is 11.4. The zero-order valence-electron chi connectivity index (χ0n) is 10.6. The van der Waals surface area contributed by atoms with E-state index in [1.54, 1.807) is 19.9 Å². The second-order valence-electron chi connectivity index (χ2n) is 4.71. The standard InChI is InChI=1S/C12H16F3NO2.ClH/c1-11(2,7-17)10(16)8-5-3-4-6-9(8)18-12(13,14)15;/h3-6,10,17H,7,16H2,1-2H3;1H/t10-;/m1./s1. The molecule has 19 heavy (non-hydrogen) atoms. The number of para-hydroxylation sites is 1. The van der Waals surface area contributed by atoms with Crippen LogP contribution in [0.5, 0.6) is 5.75 Å². The Morgan fingerprint density at radius 2 is 1.79 bits per heavy atom. The van der Waals surface area contributed by atoms with Crippen LogP contribution in [0, 0.1) is 5.41 Å². The van der Waals surface area contributed by atoms with Gasteiger partial charge in [-0.3, -0.25) is 0 Å². The Bertz CT molecular complexity index is 410. The summed E-state index contributed by atoms with van der Waals surface area (Å²) in [5.74, 6) is -0.334. The lowest BCUT2D eigenvalue weighted by molar-refractivity contribution is -0.275. The van der Waals surface area contributed by atoms with E-state index in [4.69, 9.17) is 5.73 Å². The SMILES string of the molecule is CC(C)(CO)[C@H](N)c1ccccc1OC(F)(F)F.Cl. The highest BCUT2D eigenvalue weighted by atomic mass is 35.5. The summed E-state index contributed by atoms with van der Waals surface area (Å²) in [5.41, 5.74) is 5.37. The van der Waals surface area contributed by atoms with Crippen LogP contribution in [-0.2, 0) is 0 Å². The summed E-state index contributed by atoms with van der Waals surface area (Å²) in [4.78, 5) is 0. The summed E-state index contributed by atoms with van der Waals surface area (Å²) >= 11 is 0. The minimum Gasteiger partial charge on any atom is -0.405 e. The van der Waals surface area contributed by atoms with Crippen LogP contribution in [0.15, 0.2) is 24.3 Å². The monoisotopic (exact) mass is 299 g/mol. The highest BCUT2D eigenvalue weighted by molar-refractivity contribution is 5.85. The number of alkyl halides is 3. The Hall–Kier alpha value is -0.980. The minimum atomic E-state index is -4.76. The average molecular weight is 300 g/mol. The summed E-state index contributed by atoms with van der Waals surface area (Å²) in [7, 11) is 0. The van der Waals surface area contributed by atoms with Crippen molar-refractivity contribution in [2.75, 3.05) is 6.61 Å². The van der Waals surface area contributed by atoms with Crippen LogP contribution in [0.25, 0.3) is 0 Å². The molecule has 1 aromatic rings. The molecule has 0 unspecified atom stereocenters. The molecule has 0 saturated carbocycles. The molecule has 0 fully saturated rings. The van der Waals surface area contributed by atoms with Gasteiger partial charge in [-0.25, -0.2) is 0 Å². The maximum atomic E-state index is 12.3. The fourth-order valence-electron chi connectivity index (χ4n) is 1.47. The van der Waals surface area contributed by atoms with Crippen molar-refractivity contribution in [3.8, 4) is 5.75 Å².